The summed E-state index contributed by atoms with van der Waals surface area (Å²) in [6.45, 7) is 2.01. The fourth-order valence-electron chi connectivity index (χ4n) is 6.73. The highest BCUT2D eigenvalue weighted by Gasteiger charge is 2.51. The molecule has 0 saturated heterocycles. The van der Waals surface area contributed by atoms with Crippen LogP contribution in [0.15, 0.2) is 40.8 Å². The third kappa shape index (κ3) is 2.30. The number of furan rings is 1. The van der Waals surface area contributed by atoms with Gasteiger partial charge in [0.2, 0.25) is 0 Å². The molecule has 0 radical (unpaired) electrons. The number of nitrogens with one attached hydrogen (secondary N) is 1. The van der Waals surface area contributed by atoms with Crippen molar-refractivity contribution in [3.05, 3.63) is 47.7 Å². The van der Waals surface area contributed by atoms with E-state index in [1.54, 1.807) is 0 Å². The Balaban J connectivity index is 1.38. The zero-order valence-electron chi connectivity index (χ0n) is 15.8. The normalized spacial score (nSPS) is 31.7. The monoisotopic (exact) mass is 359 g/mol. The molecule has 7 rings (SSSR count). The van der Waals surface area contributed by atoms with Gasteiger partial charge < -0.3 is 9.73 Å². The lowest BCUT2D eigenvalue weighted by atomic mass is 9.53. The van der Waals surface area contributed by atoms with Crippen molar-refractivity contribution in [2.45, 2.75) is 51.0 Å². The van der Waals surface area contributed by atoms with Crippen molar-refractivity contribution in [3.8, 4) is 0 Å². The highest BCUT2D eigenvalue weighted by molar-refractivity contribution is 6.09. The minimum Gasteiger partial charge on any atom is -0.450 e. The van der Waals surface area contributed by atoms with E-state index in [0.29, 0.717) is 5.76 Å². The molecule has 0 unspecified atom stereocenters. The Morgan fingerprint density at radius 1 is 0.963 bits per heavy atom. The summed E-state index contributed by atoms with van der Waals surface area (Å²) in [5.74, 6) is 2.93. The van der Waals surface area contributed by atoms with Gasteiger partial charge in [-0.1, -0.05) is 36.4 Å². The van der Waals surface area contributed by atoms with E-state index < -0.39 is 0 Å². The predicted octanol–water partition coefficient (Wildman–Crippen LogP) is 5.59. The summed E-state index contributed by atoms with van der Waals surface area (Å²) in [6.07, 6.45) is 7.62. The molecule has 1 N–H and O–H groups in total. The van der Waals surface area contributed by atoms with Gasteiger partial charge >= 0.3 is 0 Å². The number of benzene rings is 2. The Bertz CT molecular complexity index is 1040. The molecule has 3 aromatic rings. The maximum Gasteiger partial charge on any atom is 0.287 e. The van der Waals surface area contributed by atoms with Crippen molar-refractivity contribution in [2.24, 2.45) is 17.8 Å². The highest BCUT2D eigenvalue weighted by Crippen LogP contribution is 2.55. The van der Waals surface area contributed by atoms with E-state index >= 15 is 0 Å². The average molecular weight is 359 g/mol. The Kier molecular flexibility index (Phi) is 3.13. The minimum atomic E-state index is -0.0188. The molecular weight excluding hydrogens is 334 g/mol. The molecule has 1 heterocycles. The van der Waals surface area contributed by atoms with Crippen molar-refractivity contribution in [3.63, 3.8) is 0 Å². The van der Waals surface area contributed by atoms with Gasteiger partial charge in [0.05, 0.1) is 0 Å². The van der Waals surface area contributed by atoms with E-state index in [2.05, 4.69) is 29.6 Å². The standard InChI is InChI=1S/C24H25NO2/c1-14-19-7-6-18-4-2-3-5-20(18)22(19)27-21(14)23(26)25-24-11-15-8-16(12-24)10-17(9-15)13-24/h2-7,15-17H,8-13H2,1H3,(H,25,26). The van der Waals surface area contributed by atoms with Crippen LogP contribution in [0.3, 0.4) is 0 Å². The van der Waals surface area contributed by atoms with Crippen molar-refractivity contribution < 1.29 is 9.21 Å². The molecule has 4 saturated carbocycles. The average Bonchev–Trinajstić information content (AvgIpc) is 2.97. The molecule has 1 amide bonds. The third-order valence-electron chi connectivity index (χ3n) is 7.45. The lowest BCUT2D eigenvalue weighted by molar-refractivity contribution is -0.0171. The Morgan fingerprint density at radius 3 is 2.33 bits per heavy atom. The van der Waals surface area contributed by atoms with Crippen LogP contribution in [-0.2, 0) is 0 Å². The van der Waals surface area contributed by atoms with Gasteiger partial charge in [0.25, 0.3) is 5.91 Å². The fraction of sp³-hybridized carbons (Fsp3) is 0.458. The second-order valence-corrected chi connectivity index (χ2v) is 9.37. The summed E-state index contributed by atoms with van der Waals surface area (Å²) in [5.41, 5.74) is 1.80. The highest BCUT2D eigenvalue weighted by atomic mass is 16.3. The first-order valence-electron chi connectivity index (χ1n) is 10.3. The molecule has 4 bridgehead atoms. The summed E-state index contributed by atoms with van der Waals surface area (Å²) < 4.78 is 6.18. The van der Waals surface area contributed by atoms with Crippen LogP contribution in [-0.4, -0.2) is 11.4 Å². The molecule has 0 atom stereocenters. The SMILES string of the molecule is Cc1c(C(=O)NC23CC4CC(CC(C4)C2)C3)oc2c1ccc1ccccc12. The molecule has 4 aliphatic carbocycles. The Labute approximate surface area is 159 Å². The lowest BCUT2D eigenvalue weighted by Gasteiger charge is -2.56. The van der Waals surface area contributed by atoms with E-state index in [-0.39, 0.29) is 11.4 Å². The van der Waals surface area contributed by atoms with Crippen LogP contribution in [0, 0.1) is 24.7 Å². The van der Waals surface area contributed by atoms with Gasteiger partial charge in [-0.05, 0) is 68.6 Å². The number of carbonyl (C=O) groups excluding carboxylic acids is 1. The van der Waals surface area contributed by atoms with Crippen LogP contribution < -0.4 is 5.32 Å². The zero-order valence-corrected chi connectivity index (χ0v) is 15.8. The number of amides is 1. The van der Waals surface area contributed by atoms with E-state index in [0.717, 1.165) is 64.3 Å². The van der Waals surface area contributed by atoms with Crippen LogP contribution in [0.1, 0.15) is 54.6 Å². The van der Waals surface area contributed by atoms with Gasteiger partial charge in [-0.15, -0.1) is 0 Å². The van der Waals surface area contributed by atoms with Gasteiger partial charge in [0.15, 0.2) is 5.76 Å². The largest absolute Gasteiger partial charge is 0.450 e. The quantitative estimate of drug-likeness (QED) is 0.648. The molecule has 138 valence electrons. The zero-order chi connectivity index (χ0) is 18.2. The topological polar surface area (TPSA) is 42.2 Å². The maximum atomic E-state index is 13.3. The molecule has 0 spiro atoms. The van der Waals surface area contributed by atoms with Crippen LogP contribution in [0.25, 0.3) is 21.7 Å². The predicted molar refractivity (Wildman–Crippen MR) is 107 cm³/mol. The minimum absolute atomic E-state index is 0.0132. The molecule has 1 aromatic heterocycles. The van der Waals surface area contributed by atoms with Gasteiger partial charge in [-0.2, -0.15) is 0 Å². The fourth-order valence-corrected chi connectivity index (χ4v) is 6.73. The number of hydrogen-bond acceptors (Lipinski definition) is 2. The van der Waals surface area contributed by atoms with Crippen LogP contribution in [0.4, 0.5) is 0 Å². The molecule has 4 aliphatic rings. The van der Waals surface area contributed by atoms with Gasteiger partial charge in [0, 0.05) is 21.9 Å². The van der Waals surface area contributed by atoms with E-state index in [9.17, 15) is 4.79 Å². The Hall–Kier alpha value is -2.29. The Morgan fingerprint density at radius 2 is 1.63 bits per heavy atom. The molecule has 4 fully saturated rings. The smallest absolute Gasteiger partial charge is 0.287 e. The lowest BCUT2D eigenvalue weighted by Crippen LogP contribution is -2.59. The molecule has 3 nitrogen and oxygen atoms in total. The summed E-state index contributed by atoms with van der Waals surface area (Å²) in [7, 11) is 0. The van der Waals surface area contributed by atoms with E-state index in [4.69, 9.17) is 4.42 Å². The van der Waals surface area contributed by atoms with Crippen molar-refractivity contribution in [1.82, 2.24) is 5.32 Å². The molecule has 2 aromatic carbocycles. The first-order chi connectivity index (χ1) is 13.1. The number of aryl methyl sites for hydroxylation is 1. The van der Waals surface area contributed by atoms with Crippen LogP contribution in [0.5, 0.6) is 0 Å². The number of hydrogen-bond donors (Lipinski definition) is 1. The summed E-state index contributed by atoms with van der Waals surface area (Å²) in [6, 6.07) is 12.4. The van der Waals surface area contributed by atoms with E-state index in [1.165, 1.54) is 19.3 Å². The summed E-state index contributed by atoms with van der Waals surface area (Å²) in [5, 5.41) is 6.72. The second-order valence-electron chi connectivity index (χ2n) is 9.37. The van der Waals surface area contributed by atoms with Crippen molar-refractivity contribution in [2.75, 3.05) is 0 Å². The summed E-state index contributed by atoms with van der Waals surface area (Å²) in [4.78, 5) is 13.3. The molecule has 3 heteroatoms. The van der Waals surface area contributed by atoms with Gasteiger partial charge in [-0.3, -0.25) is 4.79 Å². The number of rotatable bonds is 2. The van der Waals surface area contributed by atoms with Crippen LogP contribution in [0.2, 0.25) is 0 Å². The van der Waals surface area contributed by atoms with Crippen molar-refractivity contribution in [1.29, 1.82) is 0 Å². The van der Waals surface area contributed by atoms with E-state index in [1.807, 2.05) is 19.1 Å². The van der Waals surface area contributed by atoms with Gasteiger partial charge in [-0.25, -0.2) is 0 Å². The molecular formula is C24H25NO2. The molecule has 0 aliphatic heterocycles. The van der Waals surface area contributed by atoms with Gasteiger partial charge in [0.1, 0.15) is 5.58 Å². The third-order valence-corrected chi connectivity index (χ3v) is 7.45. The first kappa shape index (κ1) is 15.7. The number of fused-ring (bicyclic) bond motifs is 3. The number of carbonyl (C=O) groups is 1. The second kappa shape index (κ2) is 5.37. The summed E-state index contributed by atoms with van der Waals surface area (Å²) >= 11 is 0. The molecule has 27 heavy (non-hydrogen) atoms. The first-order valence-corrected chi connectivity index (χ1v) is 10.3. The van der Waals surface area contributed by atoms with Crippen molar-refractivity contribution >= 4 is 27.6 Å². The van der Waals surface area contributed by atoms with Crippen LogP contribution >= 0.6 is 0 Å². The maximum absolute atomic E-state index is 13.3.